The fraction of sp³-hybridized carbons (Fsp3) is 0.667. The summed E-state index contributed by atoms with van der Waals surface area (Å²) in [6.45, 7) is 3.54. The molecule has 1 aromatic rings. The molecule has 2 heterocycles. The van der Waals surface area contributed by atoms with Crippen molar-refractivity contribution in [2.75, 3.05) is 13.1 Å². The van der Waals surface area contributed by atoms with Crippen molar-refractivity contribution in [1.82, 2.24) is 14.7 Å². The van der Waals surface area contributed by atoms with Crippen LogP contribution in [0.1, 0.15) is 35.9 Å². The quantitative estimate of drug-likeness (QED) is 0.757. The number of carbonyl (C=O) groups excluding carboxylic acids is 1. The van der Waals surface area contributed by atoms with E-state index in [0.29, 0.717) is 5.69 Å². The van der Waals surface area contributed by atoms with E-state index in [9.17, 15) is 4.79 Å². The van der Waals surface area contributed by atoms with Crippen LogP contribution in [-0.4, -0.2) is 39.1 Å². The van der Waals surface area contributed by atoms with Crippen molar-refractivity contribution >= 4 is 17.5 Å². The lowest BCUT2D eigenvalue weighted by Gasteiger charge is -2.29. The first-order valence-electron chi connectivity index (χ1n) is 6.08. The molecule has 0 spiro atoms. The fourth-order valence-corrected chi connectivity index (χ4v) is 2.31. The molecule has 0 aliphatic carbocycles. The Balaban J connectivity index is 2.11. The lowest BCUT2D eigenvalue weighted by molar-refractivity contribution is 0.0715. The van der Waals surface area contributed by atoms with Crippen molar-refractivity contribution in [1.29, 1.82) is 0 Å². The molecule has 94 valence electrons. The molecule has 0 N–H and O–H groups in total. The molecule has 0 atom stereocenters. The summed E-state index contributed by atoms with van der Waals surface area (Å²) in [4.78, 5) is 14.1. The molecule has 1 aliphatic rings. The van der Waals surface area contributed by atoms with E-state index >= 15 is 0 Å². The third kappa shape index (κ3) is 2.63. The molecule has 1 saturated heterocycles. The molecular formula is C12H18ClN3O. The first kappa shape index (κ1) is 12.4. The molecule has 5 heteroatoms. The second kappa shape index (κ2) is 5.08. The van der Waals surface area contributed by atoms with Gasteiger partial charge in [0.25, 0.3) is 5.91 Å². The minimum absolute atomic E-state index is 0.0725. The monoisotopic (exact) mass is 255 g/mol. The maximum atomic E-state index is 12.3. The largest absolute Gasteiger partial charge is 0.337 e. The molecule has 0 radical (unpaired) electrons. The van der Waals surface area contributed by atoms with Crippen LogP contribution in [-0.2, 0) is 13.5 Å². The Morgan fingerprint density at radius 3 is 2.71 bits per heavy atom. The van der Waals surface area contributed by atoms with Gasteiger partial charge in [0.2, 0.25) is 0 Å². The van der Waals surface area contributed by atoms with Crippen molar-refractivity contribution in [3.05, 3.63) is 17.5 Å². The number of aryl methyl sites for hydroxylation is 2. The fourth-order valence-electron chi connectivity index (χ4n) is 2.11. The summed E-state index contributed by atoms with van der Waals surface area (Å²) in [6.07, 6.45) is 2.61. The SMILES string of the molecule is CCc1cc(C(=O)N2CCC(Cl)CC2)n(C)n1. The third-order valence-electron chi connectivity index (χ3n) is 3.22. The summed E-state index contributed by atoms with van der Waals surface area (Å²) in [6, 6.07) is 1.88. The van der Waals surface area contributed by atoms with Crippen LogP contribution in [0.15, 0.2) is 6.07 Å². The normalized spacial score (nSPS) is 17.5. The summed E-state index contributed by atoms with van der Waals surface area (Å²) >= 11 is 6.03. The van der Waals surface area contributed by atoms with Crippen molar-refractivity contribution < 1.29 is 4.79 Å². The average molecular weight is 256 g/mol. The van der Waals surface area contributed by atoms with Gasteiger partial charge in [-0.25, -0.2) is 0 Å². The number of amides is 1. The molecule has 1 aromatic heterocycles. The van der Waals surface area contributed by atoms with Gasteiger partial charge in [0.1, 0.15) is 5.69 Å². The molecule has 1 aliphatic heterocycles. The van der Waals surface area contributed by atoms with Gasteiger partial charge >= 0.3 is 0 Å². The van der Waals surface area contributed by atoms with Crippen LogP contribution in [0.3, 0.4) is 0 Å². The van der Waals surface area contributed by atoms with E-state index < -0.39 is 0 Å². The van der Waals surface area contributed by atoms with E-state index in [2.05, 4.69) is 5.10 Å². The predicted molar refractivity (Wildman–Crippen MR) is 67.4 cm³/mol. The van der Waals surface area contributed by atoms with Crippen molar-refractivity contribution in [2.45, 2.75) is 31.6 Å². The van der Waals surface area contributed by atoms with Crippen LogP contribution in [0, 0.1) is 0 Å². The minimum Gasteiger partial charge on any atom is -0.337 e. The van der Waals surface area contributed by atoms with Crippen molar-refractivity contribution in [3.8, 4) is 0 Å². The standard InChI is InChI=1S/C12H18ClN3O/c1-3-10-8-11(15(2)14-10)12(17)16-6-4-9(13)5-7-16/h8-9H,3-7H2,1-2H3. The van der Waals surface area contributed by atoms with Gasteiger partial charge in [0.05, 0.1) is 5.69 Å². The Morgan fingerprint density at radius 1 is 1.53 bits per heavy atom. The van der Waals surface area contributed by atoms with Crippen LogP contribution >= 0.6 is 11.6 Å². The first-order chi connectivity index (χ1) is 8.11. The minimum atomic E-state index is 0.0725. The molecule has 1 fully saturated rings. The van der Waals surface area contributed by atoms with Crippen molar-refractivity contribution in [2.24, 2.45) is 7.05 Å². The van der Waals surface area contributed by atoms with E-state index in [1.807, 2.05) is 24.9 Å². The third-order valence-corrected chi connectivity index (χ3v) is 3.66. The van der Waals surface area contributed by atoms with Gasteiger partial charge in [-0.05, 0) is 25.3 Å². The zero-order chi connectivity index (χ0) is 12.4. The Bertz CT molecular complexity index is 408. The predicted octanol–water partition coefficient (Wildman–Crippen LogP) is 1.83. The van der Waals surface area contributed by atoms with Gasteiger partial charge in [0, 0.05) is 25.5 Å². The van der Waals surface area contributed by atoms with Crippen LogP contribution in [0.25, 0.3) is 0 Å². The molecular weight excluding hydrogens is 238 g/mol. The molecule has 4 nitrogen and oxygen atoms in total. The highest BCUT2D eigenvalue weighted by atomic mass is 35.5. The van der Waals surface area contributed by atoms with E-state index in [-0.39, 0.29) is 11.3 Å². The van der Waals surface area contributed by atoms with Gasteiger partial charge in [-0.3, -0.25) is 9.48 Å². The van der Waals surface area contributed by atoms with Gasteiger partial charge in [0.15, 0.2) is 0 Å². The highest BCUT2D eigenvalue weighted by Crippen LogP contribution is 2.18. The number of likely N-dealkylation sites (tertiary alicyclic amines) is 1. The molecule has 17 heavy (non-hydrogen) atoms. The Morgan fingerprint density at radius 2 is 2.18 bits per heavy atom. The van der Waals surface area contributed by atoms with Gasteiger partial charge < -0.3 is 4.90 Å². The maximum Gasteiger partial charge on any atom is 0.272 e. The highest BCUT2D eigenvalue weighted by molar-refractivity contribution is 6.20. The Kier molecular flexibility index (Phi) is 3.72. The smallest absolute Gasteiger partial charge is 0.272 e. The van der Waals surface area contributed by atoms with E-state index in [4.69, 9.17) is 11.6 Å². The number of piperidine rings is 1. The molecule has 0 saturated carbocycles. The van der Waals surface area contributed by atoms with Gasteiger partial charge in [-0.15, -0.1) is 11.6 Å². The van der Waals surface area contributed by atoms with Gasteiger partial charge in [-0.1, -0.05) is 6.92 Å². The molecule has 2 rings (SSSR count). The second-order valence-corrected chi connectivity index (χ2v) is 5.08. The summed E-state index contributed by atoms with van der Waals surface area (Å²) in [5, 5.41) is 4.52. The van der Waals surface area contributed by atoms with Crippen molar-refractivity contribution in [3.63, 3.8) is 0 Å². The van der Waals surface area contributed by atoms with Crippen LogP contribution < -0.4 is 0 Å². The topological polar surface area (TPSA) is 38.1 Å². The molecule has 0 unspecified atom stereocenters. The lowest BCUT2D eigenvalue weighted by atomic mass is 10.1. The molecule has 0 aromatic carbocycles. The molecule has 0 bridgehead atoms. The number of carbonyl (C=O) groups is 1. The number of hydrogen-bond acceptors (Lipinski definition) is 2. The zero-order valence-corrected chi connectivity index (χ0v) is 11.1. The first-order valence-corrected chi connectivity index (χ1v) is 6.51. The zero-order valence-electron chi connectivity index (χ0n) is 10.3. The van der Waals surface area contributed by atoms with Gasteiger partial charge in [-0.2, -0.15) is 5.10 Å². The second-order valence-electron chi connectivity index (χ2n) is 4.46. The summed E-state index contributed by atoms with van der Waals surface area (Å²) < 4.78 is 1.67. The maximum absolute atomic E-state index is 12.3. The summed E-state index contributed by atoms with van der Waals surface area (Å²) in [7, 11) is 1.82. The number of rotatable bonds is 2. The van der Waals surface area contributed by atoms with E-state index in [1.54, 1.807) is 4.68 Å². The van der Waals surface area contributed by atoms with Crippen LogP contribution in [0.2, 0.25) is 0 Å². The molecule has 1 amide bonds. The Hall–Kier alpha value is -1.03. The van der Waals surface area contributed by atoms with E-state index in [1.165, 1.54) is 0 Å². The number of aromatic nitrogens is 2. The van der Waals surface area contributed by atoms with E-state index in [0.717, 1.165) is 38.0 Å². The number of halogens is 1. The van der Waals surface area contributed by atoms with Crippen LogP contribution in [0.4, 0.5) is 0 Å². The highest BCUT2D eigenvalue weighted by Gasteiger charge is 2.24. The number of hydrogen-bond donors (Lipinski definition) is 0. The average Bonchev–Trinajstić information content (AvgIpc) is 2.71. The lowest BCUT2D eigenvalue weighted by Crippen LogP contribution is -2.39. The number of alkyl halides is 1. The summed E-state index contributed by atoms with van der Waals surface area (Å²) in [5.74, 6) is 0.0725. The summed E-state index contributed by atoms with van der Waals surface area (Å²) in [5.41, 5.74) is 1.64. The number of nitrogens with zero attached hydrogens (tertiary/aromatic N) is 3. The Labute approximate surface area is 107 Å². The van der Waals surface area contributed by atoms with Crippen LogP contribution in [0.5, 0.6) is 0 Å².